The van der Waals surface area contributed by atoms with Crippen LogP contribution in [0.2, 0.25) is 0 Å². The minimum absolute atomic E-state index is 0.0559. The molecule has 0 radical (unpaired) electrons. The molecule has 0 aromatic heterocycles. The van der Waals surface area contributed by atoms with Gasteiger partial charge in [-0.1, -0.05) is 18.2 Å². The van der Waals surface area contributed by atoms with E-state index in [1.54, 1.807) is 12.1 Å². The molecule has 2 rings (SSSR count). The van der Waals surface area contributed by atoms with E-state index in [1.807, 2.05) is 0 Å². The van der Waals surface area contributed by atoms with E-state index >= 15 is 0 Å². The first-order valence-electron chi connectivity index (χ1n) is 6.81. The van der Waals surface area contributed by atoms with Crippen molar-refractivity contribution >= 4 is 27.5 Å². The highest BCUT2D eigenvalue weighted by Crippen LogP contribution is 2.17. The summed E-state index contributed by atoms with van der Waals surface area (Å²) in [4.78, 5) is 23.6. The molecule has 2 aromatic rings. The second-order valence-corrected chi connectivity index (χ2v) is 6.77. The van der Waals surface area contributed by atoms with Gasteiger partial charge in [-0.15, -0.1) is 0 Å². The fourth-order valence-electron chi connectivity index (χ4n) is 1.96. The Hall–Kier alpha value is -2.67. The molecule has 0 atom stereocenters. The summed E-state index contributed by atoms with van der Waals surface area (Å²) in [6.45, 7) is 1.52. The fourth-order valence-corrected chi connectivity index (χ4v) is 2.60. The SMILES string of the molecule is CCS(=O)(=O)Nc1ccc(C(=O)c2ccccc2C(=O)O)cc1. The summed E-state index contributed by atoms with van der Waals surface area (Å²) < 4.78 is 25.3. The van der Waals surface area contributed by atoms with Crippen molar-refractivity contribution in [2.24, 2.45) is 0 Å². The number of rotatable bonds is 6. The lowest BCUT2D eigenvalue weighted by Gasteiger charge is -2.08. The van der Waals surface area contributed by atoms with E-state index in [0.717, 1.165) is 0 Å². The van der Waals surface area contributed by atoms with E-state index in [4.69, 9.17) is 5.11 Å². The van der Waals surface area contributed by atoms with Crippen LogP contribution in [0.5, 0.6) is 0 Å². The third kappa shape index (κ3) is 3.95. The van der Waals surface area contributed by atoms with Gasteiger partial charge in [0.25, 0.3) is 0 Å². The standard InChI is InChI=1S/C16H15NO5S/c1-2-23(21,22)17-12-9-7-11(8-10-12)15(18)13-5-3-4-6-14(13)16(19)20/h3-10,17H,2H2,1H3,(H,19,20). The van der Waals surface area contributed by atoms with Crippen molar-refractivity contribution in [2.75, 3.05) is 10.5 Å². The molecule has 23 heavy (non-hydrogen) atoms. The van der Waals surface area contributed by atoms with Gasteiger partial charge in [-0.25, -0.2) is 13.2 Å². The number of carbonyl (C=O) groups excluding carboxylic acids is 1. The number of aromatic carboxylic acids is 1. The molecule has 6 nitrogen and oxygen atoms in total. The van der Waals surface area contributed by atoms with Crippen LogP contribution in [0, 0.1) is 0 Å². The number of benzene rings is 2. The Kier molecular flexibility index (Phi) is 4.80. The van der Waals surface area contributed by atoms with Crippen molar-refractivity contribution in [3.8, 4) is 0 Å². The van der Waals surface area contributed by atoms with Gasteiger partial charge < -0.3 is 5.11 Å². The molecule has 0 spiro atoms. The van der Waals surface area contributed by atoms with Crippen molar-refractivity contribution in [1.29, 1.82) is 0 Å². The number of ketones is 1. The van der Waals surface area contributed by atoms with Crippen molar-refractivity contribution in [1.82, 2.24) is 0 Å². The smallest absolute Gasteiger partial charge is 0.336 e. The third-order valence-electron chi connectivity index (χ3n) is 3.20. The van der Waals surface area contributed by atoms with Crippen LogP contribution in [0.3, 0.4) is 0 Å². The Labute approximate surface area is 133 Å². The zero-order valence-corrected chi connectivity index (χ0v) is 13.1. The number of carboxylic acids is 1. The van der Waals surface area contributed by atoms with Crippen LogP contribution < -0.4 is 4.72 Å². The molecule has 0 bridgehead atoms. The number of hydrogen-bond acceptors (Lipinski definition) is 4. The van der Waals surface area contributed by atoms with Gasteiger partial charge in [0, 0.05) is 16.8 Å². The maximum Gasteiger partial charge on any atom is 0.336 e. The minimum Gasteiger partial charge on any atom is -0.478 e. The molecule has 2 aromatic carbocycles. The molecule has 7 heteroatoms. The summed E-state index contributed by atoms with van der Waals surface area (Å²) >= 11 is 0. The monoisotopic (exact) mass is 333 g/mol. The van der Waals surface area contributed by atoms with Gasteiger partial charge in [-0.05, 0) is 37.3 Å². The molecule has 0 aliphatic rings. The highest BCUT2D eigenvalue weighted by Gasteiger charge is 2.17. The lowest BCUT2D eigenvalue weighted by molar-refractivity contribution is 0.0693. The molecule has 0 aliphatic heterocycles. The summed E-state index contributed by atoms with van der Waals surface area (Å²) in [7, 11) is -3.39. The van der Waals surface area contributed by atoms with Crippen LogP contribution in [-0.4, -0.2) is 31.0 Å². The summed E-state index contributed by atoms with van der Waals surface area (Å²) in [5.74, 6) is -1.67. The molecule has 0 amide bonds. The quantitative estimate of drug-likeness (QED) is 0.791. The average molecular weight is 333 g/mol. The van der Waals surface area contributed by atoms with Crippen molar-refractivity contribution < 1.29 is 23.1 Å². The van der Waals surface area contributed by atoms with E-state index in [2.05, 4.69) is 4.72 Å². The number of carboxylic acid groups (broad SMARTS) is 1. The number of sulfonamides is 1. The van der Waals surface area contributed by atoms with Crippen LogP contribution in [0.15, 0.2) is 48.5 Å². The van der Waals surface area contributed by atoms with Crippen molar-refractivity contribution in [2.45, 2.75) is 6.92 Å². The normalized spacial score (nSPS) is 11.0. The summed E-state index contributed by atoms with van der Waals surface area (Å²) in [6, 6.07) is 11.8. The number of hydrogen-bond donors (Lipinski definition) is 2. The van der Waals surface area contributed by atoms with Crippen LogP contribution >= 0.6 is 0 Å². The average Bonchev–Trinajstić information content (AvgIpc) is 2.54. The predicted octanol–water partition coefficient (Wildman–Crippen LogP) is 2.38. The third-order valence-corrected chi connectivity index (χ3v) is 4.51. The molecular formula is C16H15NO5S. The maximum atomic E-state index is 12.4. The lowest BCUT2D eigenvalue weighted by Crippen LogP contribution is -2.14. The first-order valence-corrected chi connectivity index (χ1v) is 8.47. The minimum atomic E-state index is -3.39. The second-order valence-electron chi connectivity index (χ2n) is 4.76. The molecule has 0 unspecified atom stereocenters. The Bertz CT molecular complexity index is 841. The molecule has 0 saturated heterocycles. The first-order chi connectivity index (χ1) is 10.8. The molecule has 0 fully saturated rings. The van der Waals surface area contributed by atoms with Crippen molar-refractivity contribution in [3.05, 3.63) is 65.2 Å². The fraction of sp³-hybridized carbons (Fsp3) is 0.125. The van der Waals surface area contributed by atoms with E-state index < -0.39 is 21.8 Å². The van der Waals surface area contributed by atoms with Gasteiger partial charge >= 0.3 is 5.97 Å². The lowest BCUT2D eigenvalue weighted by atomic mass is 9.98. The number of anilines is 1. The molecule has 0 saturated carbocycles. The maximum absolute atomic E-state index is 12.4. The van der Waals surface area contributed by atoms with Gasteiger partial charge in [0.2, 0.25) is 10.0 Å². The predicted molar refractivity (Wildman–Crippen MR) is 86.4 cm³/mol. The second kappa shape index (κ2) is 6.62. The van der Waals surface area contributed by atoms with Crippen LogP contribution in [-0.2, 0) is 10.0 Å². The Morgan fingerprint density at radius 3 is 2.09 bits per heavy atom. The molecule has 2 N–H and O–H groups in total. The summed E-state index contributed by atoms with van der Waals surface area (Å²) in [6.07, 6.45) is 0. The van der Waals surface area contributed by atoms with E-state index in [1.165, 1.54) is 43.3 Å². The zero-order chi connectivity index (χ0) is 17.0. The topological polar surface area (TPSA) is 101 Å². The number of nitrogens with one attached hydrogen (secondary N) is 1. The van der Waals surface area contributed by atoms with Crippen LogP contribution in [0.4, 0.5) is 5.69 Å². The molecular weight excluding hydrogens is 318 g/mol. The van der Waals surface area contributed by atoms with Gasteiger partial charge in [0.1, 0.15) is 0 Å². The summed E-state index contributed by atoms with van der Waals surface area (Å²) in [5, 5.41) is 9.13. The van der Waals surface area contributed by atoms with Gasteiger partial charge in [0.15, 0.2) is 5.78 Å². The zero-order valence-electron chi connectivity index (χ0n) is 12.3. The van der Waals surface area contributed by atoms with Crippen molar-refractivity contribution in [3.63, 3.8) is 0 Å². The van der Waals surface area contributed by atoms with Crippen LogP contribution in [0.25, 0.3) is 0 Å². The first kappa shape index (κ1) is 16.7. The van der Waals surface area contributed by atoms with Crippen LogP contribution in [0.1, 0.15) is 33.2 Å². The summed E-state index contributed by atoms with van der Waals surface area (Å²) in [5.41, 5.74) is 0.628. The molecule has 0 aliphatic carbocycles. The molecule has 0 heterocycles. The van der Waals surface area contributed by atoms with E-state index in [-0.39, 0.29) is 22.4 Å². The Morgan fingerprint density at radius 2 is 1.57 bits per heavy atom. The van der Waals surface area contributed by atoms with Gasteiger partial charge in [-0.2, -0.15) is 0 Å². The highest BCUT2D eigenvalue weighted by atomic mass is 32.2. The number of carbonyl (C=O) groups is 2. The van der Waals surface area contributed by atoms with E-state index in [9.17, 15) is 18.0 Å². The van der Waals surface area contributed by atoms with Gasteiger partial charge in [0.05, 0.1) is 11.3 Å². The Morgan fingerprint density at radius 1 is 1.00 bits per heavy atom. The Balaban J connectivity index is 2.30. The highest BCUT2D eigenvalue weighted by molar-refractivity contribution is 7.92. The largest absolute Gasteiger partial charge is 0.478 e. The molecule has 120 valence electrons. The van der Waals surface area contributed by atoms with Gasteiger partial charge in [-0.3, -0.25) is 9.52 Å². The van der Waals surface area contributed by atoms with E-state index in [0.29, 0.717) is 5.69 Å².